The molecule has 0 aliphatic carbocycles. The van der Waals surface area contributed by atoms with Crippen LogP contribution in [-0.2, 0) is 10.2 Å². The molecule has 3 rings (SSSR count). The largest absolute Gasteiger partial charge is 0.310 e. The Hall–Kier alpha value is -1.62. The van der Waals surface area contributed by atoms with Gasteiger partial charge in [-0.3, -0.25) is 9.48 Å². The van der Waals surface area contributed by atoms with Gasteiger partial charge in [0.05, 0.1) is 5.69 Å². The van der Waals surface area contributed by atoms with E-state index in [0.717, 1.165) is 28.8 Å². The number of halogens is 1. The maximum absolute atomic E-state index is 12.7. The van der Waals surface area contributed by atoms with Crippen LogP contribution in [0.1, 0.15) is 38.9 Å². The van der Waals surface area contributed by atoms with E-state index in [-0.39, 0.29) is 17.4 Å². The van der Waals surface area contributed by atoms with Crippen molar-refractivity contribution in [2.24, 2.45) is 0 Å². The number of hydrogen-bond acceptors (Lipinski definition) is 2. The topological polar surface area (TPSA) is 38.1 Å². The first-order valence-corrected chi connectivity index (χ1v) is 8.28. The molecule has 4 nitrogen and oxygen atoms in total. The summed E-state index contributed by atoms with van der Waals surface area (Å²) >= 11 is 3.46. The number of anilines is 1. The van der Waals surface area contributed by atoms with E-state index in [1.165, 1.54) is 0 Å². The van der Waals surface area contributed by atoms with Crippen molar-refractivity contribution in [1.82, 2.24) is 9.78 Å². The molecule has 1 aromatic carbocycles. The smallest absolute Gasteiger partial charge is 0.251 e. The Balaban J connectivity index is 1.83. The van der Waals surface area contributed by atoms with E-state index in [9.17, 15) is 4.79 Å². The highest BCUT2D eigenvalue weighted by Crippen LogP contribution is 2.30. The van der Waals surface area contributed by atoms with Crippen LogP contribution >= 0.6 is 15.9 Å². The van der Waals surface area contributed by atoms with Crippen molar-refractivity contribution in [3.8, 4) is 0 Å². The molecule has 22 heavy (non-hydrogen) atoms. The minimum Gasteiger partial charge on any atom is -0.310 e. The van der Waals surface area contributed by atoms with Crippen molar-refractivity contribution in [3.05, 3.63) is 46.7 Å². The minimum atomic E-state index is -0.199. The molecule has 1 aromatic heterocycles. The first-order valence-electron chi connectivity index (χ1n) is 7.49. The summed E-state index contributed by atoms with van der Waals surface area (Å²) in [5, 5.41) is 4.62. The third-order valence-corrected chi connectivity index (χ3v) is 4.49. The van der Waals surface area contributed by atoms with Gasteiger partial charge < -0.3 is 4.90 Å². The predicted octanol–water partition coefficient (Wildman–Crippen LogP) is 3.92. The number of carbonyl (C=O) groups is 1. The minimum absolute atomic E-state index is 0.00309. The fourth-order valence-corrected chi connectivity index (χ4v) is 3.11. The zero-order chi connectivity index (χ0) is 15.9. The molecule has 1 atom stereocenters. The van der Waals surface area contributed by atoms with Gasteiger partial charge in [-0.1, -0.05) is 42.8 Å². The zero-order valence-corrected chi connectivity index (χ0v) is 14.7. The van der Waals surface area contributed by atoms with Gasteiger partial charge >= 0.3 is 0 Å². The highest BCUT2D eigenvalue weighted by molar-refractivity contribution is 9.10. The van der Waals surface area contributed by atoms with Gasteiger partial charge in [0.15, 0.2) is 0 Å². The summed E-state index contributed by atoms with van der Waals surface area (Å²) in [6.45, 7) is 7.11. The van der Waals surface area contributed by atoms with Gasteiger partial charge in [-0.15, -0.1) is 0 Å². The lowest BCUT2D eigenvalue weighted by atomic mass is 9.93. The second-order valence-electron chi connectivity index (χ2n) is 6.71. The Labute approximate surface area is 139 Å². The molecule has 1 amide bonds. The maximum Gasteiger partial charge on any atom is 0.251 e. The number of aromatic nitrogens is 2. The number of carbonyl (C=O) groups excluding carboxylic acids is 1. The van der Waals surface area contributed by atoms with Crippen molar-refractivity contribution in [2.75, 3.05) is 11.4 Å². The Morgan fingerprint density at radius 2 is 2.05 bits per heavy atom. The lowest BCUT2D eigenvalue weighted by molar-refractivity contribution is -0.120. The van der Waals surface area contributed by atoms with Gasteiger partial charge in [-0.25, -0.2) is 0 Å². The van der Waals surface area contributed by atoms with Crippen molar-refractivity contribution in [2.45, 2.75) is 38.6 Å². The number of nitrogens with zero attached hydrogens (tertiary/aromatic N) is 3. The second-order valence-corrected chi connectivity index (χ2v) is 7.62. The zero-order valence-electron chi connectivity index (χ0n) is 13.1. The average molecular weight is 362 g/mol. The lowest BCUT2D eigenvalue weighted by Gasteiger charge is -2.18. The molecule has 1 fully saturated rings. The summed E-state index contributed by atoms with van der Waals surface area (Å²) in [5.41, 5.74) is 1.95. The number of rotatable bonds is 2. The maximum atomic E-state index is 12.7. The van der Waals surface area contributed by atoms with Crippen LogP contribution in [0.5, 0.6) is 0 Å². The summed E-state index contributed by atoms with van der Waals surface area (Å²) in [5.74, 6) is 0.113. The van der Waals surface area contributed by atoms with Gasteiger partial charge in [0, 0.05) is 28.3 Å². The van der Waals surface area contributed by atoms with E-state index in [0.29, 0.717) is 0 Å². The van der Waals surface area contributed by atoms with Crippen LogP contribution in [0.4, 0.5) is 5.69 Å². The van der Waals surface area contributed by atoms with Crippen LogP contribution in [-0.4, -0.2) is 22.2 Å². The fraction of sp³-hybridized carbons (Fsp3) is 0.412. The molecule has 0 bridgehead atoms. The van der Waals surface area contributed by atoms with Crippen LogP contribution in [0.2, 0.25) is 0 Å². The highest BCUT2D eigenvalue weighted by atomic mass is 79.9. The fourth-order valence-electron chi connectivity index (χ4n) is 2.72. The monoisotopic (exact) mass is 361 g/mol. The van der Waals surface area contributed by atoms with E-state index in [1.54, 1.807) is 0 Å². The summed E-state index contributed by atoms with van der Waals surface area (Å²) in [7, 11) is 0. The molecule has 1 saturated heterocycles. The third kappa shape index (κ3) is 2.82. The molecular weight excluding hydrogens is 342 g/mol. The van der Waals surface area contributed by atoms with Gasteiger partial charge in [0.2, 0.25) is 0 Å². The normalized spacial score (nSPS) is 19.0. The molecule has 0 N–H and O–H groups in total. The Morgan fingerprint density at radius 3 is 2.68 bits per heavy atom. The number of benzene rings is 1. The average Bonchev–Trinajstić information content (AvgIpc) is 3.04. The van der Waals surface area contributed by atoms with Gasteiger partial charge in [-0.05, 0) is 30.7 Å². The van der Waals surface area contributed by atoms with E-state index >= 15 is 0 Å². The van der Waals surface area contributed by atoms with E-state index in [2.05, 4.69) is 41.8 Å². The quantitative estimate of drug-likeness (QED) is 0.812. The van der Waals surface area contributed by atoms with E-state index in [1.807, 2.05) is 46.1 Å². The van der Waals surface area contributed by atoms with Crippen molar-refractivity contribution < 1.29 is 4.79 Å². The summed E-state index contributed by atoms with van der Waals surface area (Å²) in [4.78, 5) is 14.6. The molecule has 1 unspecified atom stereocenters. The molecule has 0 saturated carbocycles. The lowest BCUT2D eigenvalue weighted by Crippen LogP contribution is -2.28. The molecule has 1 aliphatic rings. The molecule has 1 aliphatic heterocycles. The van der Waals surface area contributed by atoms with Crippen LogP contribution in [0.15, 0.2) is 41.0 Å². The van der Waals surface area contributed by atoms with Gasteiger partial charge in [0.25, 0.3) is 5.91 Å². The second kappa shape index (κ2) is 5.54. The molecule has 116 valence electrons. The summed E-state index contributed by atoms with van der Waals surface area (Å²) in [6.07, 6.45) is 2.71. The van der Waals surface area contributed by atoms with E-state index in [4.69, 9.17) is 0 Å². The first kappa shape index (κ1) is 15.3. The van der Waals surface area contributed by atoms with Crippen molar-refractivity contribution >= 4 is 27.5 Å². The van der Waals surface area contributed by atoms with Gasteiger partial charge in [0.1, 0.15) is 6.04 Å². The van der Waals surface area contributed by atoms with Crippen LogP contribution in [0.25, 0.3) is 0 Å². The number of amides is 1. The Morgan fingerprint density at radius 1 is 1.27 bits per heavy atom. The molecule has 0 spiro atoms. The predicted molar refractivity (Wildman–Crippen MR) is 91.1 cm³/mol. The van der Waals surface area contributed by atoms with Crippen molar-refractivity contribution in [1.29, 1.82) is 0 Å². The van der Waals surface area contributed by atoms with Crippen LogP contribution in [0.3, 0.4) is 0 Å². The molecule has 2 aromatic rings. The Bertz CT molecular complexity index is 702. The van der Waals surface area contributed by atoms with Crippen molar-refractivity contribution in [3.63, 3.8) is 0 Å². The standard InChI is InChI=1S/C17H20BrN3O/c1-17(2,3)15-8-10-21(19-15)14-7-9-20(16(14)22)13-6-4-5-12(18)11-13/h4-6,8,10-11,14H,7,9H2,1-3H3. The molecule has 2 heterocycles. The Kier molecular flexibility index (Phi) is 3.85. The summed E-state index contributed by atoms with van der Waals surface area (Å²) in [6, 6.07) is 9.67. The SMILES string of the molecule is CC(C)(C)c1ccn(C2CCN(c3cccc(Br)c3)C2=O)n1. The highest BCUT2D eigenvalue weighted by Gasteiger charge is 2.35. The molecule has 0 radical (unpaired) electrons. The van der Waals surface area contributed by atoms with Crippen LogP contribution < -0.4 is 4.90 Å². The van der Waals surface area contributed by atoms with Gasteiger partial charge in [-0.2, -0.15) is 5.10 Å². The number of hydrogen-bond donors (Lipinski definition) is 0. The van der Waals surface area contributed by atoms with Crippen LogP contribution in [0, 0.1) is 0 Å². The first-order chi connectivity index (χ1) is 10.4. The molecular formula is C17H20BrN3O. The third-order valence-electron chi connectivity index (χ3n) is 3.99. The molecule has 5 heteroatoms. The van der Waals surface area contributed by atoms with E-state index < -0.39 is 0 Å². The summed E-state index contributed by atoms with van der Waals surface area (Å²) < 4.78 is 2.80.